The molecule has 0 bridgehead atoms. The van der Waals surface area contributed by atoms with Crippen molar-refractivity contribution in [3.8, 4) is 11.3 Å². The third kappa shape index (κ3) is 3.40. The molecular formula is C20H19ClN4O4. The van der Waals surface area contributed by atoms with E-state index in [1.165, 1.54) is 7.05 Å². The molecule has 2 aliphatic heterocycles. The molecule has 0 radical (unpaired) electrons. The van der Waals surface area contributed by atoms with Crippen LogP contribution in [0, 0.1) is 0 Å². The Balaban J connectivity index is 1.51. The summed E-state index contributed by atoms with van der Waals surface area (Å²) in [5.41, 5.74) is 2.10. The Kier molecular flexibility index (Phi) is 4.87. The van der Waals surface area contributed by atoms with Gasteiger partial charge in [-0.1, -0.05) is 28.9 Å². The SMILES string of the molecule is CC(C(=O)Nc1cc(-c2cccc(Cl)c2)no1)N1CCCC2=C1C(=O)N(C)C2=O. The number of nitrogens with zero attached hydrogens (tertiary/aromatic N) is 3. The first-order valence-corrected chi connectivity index (χ1v) is 9.60. The van der Waals surface area contributed by atoms with Crippen LogP contribution < -0.4 is 5.32 Å². The second-order valence-electron chi connectivity index (χ2n) is 7.05. The Bertz CT molecular complexity index is 1040. The minimum atomic E-state index is -0.664. The molecule has 1 aromatic heterocycles. The maximum Gasteiger partial charge on any atom is 0.277 e. The van der Waals surface area contributed by atoms with Crippen molar-refractivity contribution in [2.24, 2.45) is 0 Å². The molecule has 1 unspecified atom stereocenters. The van der Waals surface area contributed by atoms with Crippen molar-refractivity contribution in [2.45, 2.75) is 25.8 Å². The number of nitrogens with one attached hydrogen (secondary N) is 1. The summed E-state index contributed by atoms with van der Waals surface area (Å²) in [7, 11) is 1.46. The fourth-order valence-electron chi connectivity index (χ4n) is 3.62. The number of aromatic nitrogens is 1. The van der Waals surface area contributed by atoms with E-state index in [1.54, 1.807) is 36.1 Å². The topological polar surface area (TPSA) is 95.8 Å². The van der Waals surface area contributed by atoms with Gasteiger partial charge in [-0.3, -0.25) is 24.6 Å². The number of amides is 3. The average Bonchev–Trinajstić information content (AvgIpc) is 3.27. The molecule has 2 aromatic rings. The van der Waals surface area contributed by atoms with Gasteiger partial charge in [-0.05, 0) is 31.9 Å². The summed E-state index contributed by atoms with van der Waals surface area (Å²) in [6.45, 7) is 2.21. The zero-order chi connectivity index (χ0) is 20.7. The summed E-state index contributed by atoms with van der Waals surface area (Å²) in [6, 6.07) is 8.07. The molecule has 0 fully saturated rings. The summed E-state index contributed by atoms with van der Waals surface area (Å²) in [4.78, 5) is 40.3. The molecule has 150 valence electrons. The van der Waals surface area contributed by atoms with E-state index in [4.69, 9.17) is 16.1 Å². The van der Waals surface area contributed by atoms with E-state index in [0.717, 1.165) is 10.5 Å². The molecule has 3 amide bonds. The van der Waals surface area contributed by atoms with Crippen molar-refractivity contribution in [2.75, 3.05) is 18.9 Å². The van der Waals surface area contributed by atoms with Gasteiger partial charge < -0.3 is 9.42 Å². The van der Waals surface area contributed by atoms with E-state index in [-0.39, 0.29) is 23.6 Å². The van der Waals surface area contributed by atoms with Gasteiger partial charge >= 0.3 is 0 Å². The molecular weight excluding hydrogens is 396 g/mol. The van der Waals surface area contributed by atoms with Crippen LogP contribution in [0.5, 0.6) is 0 Å². The molecule has 2 aliphatic rings. The Morgan fingerprint density at radius 2 is 2.07 bits per heavy atom. The van der Waals surface area contributed by atoms with Crippen molar-refractivity contribution in [3.63, 3.8) is 0 Å². The molecule has 1 atom stereocenters. The first-order chi connectivity index (χ1) is 13.9. The van der Waals surface area contributed by atoms with Crippen molar-refractivity contribution < 1.29 is 18.9 Å². The second-order valence-corrected chi connectivity index (χ2v) is 7.48. The van der Waals surface area contributed by atoms with Crippen LogP contribution in [0.15, 0.2) is 46.1 Å². The highest BCUT2D eigenvalue weighted by Crippen LogP contribution is 2.32. The smallest absolute Gasteiger partial charge is 0.277 e. The first kappa shape index (κ1) is 19.2. The minimum absolute atomic E-state index is 0.189. The lowest BCUT2D eigenvalue weighted by Crippen LogP contribution is -2.45. The van der Waals surface area contributed by atoms with Gasteiger partial charge in [0.25, 0.3) is 11.8 Å². The standard InChI is InChI=1S/C20H19ClN4O4/c1-11(25-8-4-7-14-17(25)20(28)24(2)19(14)27)18(26)22-16-10-15(23-29-16)12-5-3-6-13(21)9-12/h3,5-6,9-11H,4,7-8H2,1-2H3,(H,22,26). The van der Waals surface area contributed by atoms with Crippen LogP contribution >= 0.6 is 11.6 Å². The van der Waals surface area contributed by atoms with E-state index in [1.807, 2.05) is 6.07 Å². The van der Waals surface area contributed by atoms with Crippen LogP contribution in [0.3, 0.4) is 0 Å². The molecule has 1 N–H and O–H groups in total. The zero-order valence-electron chi connectivity index (χ0n) is 15.9. The van der Waals surface area contributed by atoms with Crippen molar-refractivity contribution >= 4 is 35.2 Å². The third-order valence-electron chi connectivity index (χ3n) is 5.19. The van der Waals surface area contributed by atoms with Gasteiger partial charge in [0.1, 0.15) is 17.4 Å². The molecule has 0 saturated carbocycles. The Hall–Kier alpha value is -3.13. The largest absolute Gasteiger partial charge is 0.355 e. The van der Waals surface area contributed by atoms with Gasteiger partial charge in [-0.15, -0.1) is 0 Å². The van der Waals surface area contributed by atoms with E-state index in [9.17, 15) is 14.4 Å². The molecule has 3 heterocycles. The quantitative estimate of drug-likeness (QED) is 0.773. The summed E-state index contributed by atoms with van der Waals surface area (Å²) < 4.78 is 5.22. The summed E-state index contributed by atoms with van der Waals surface area (Å²) >= 11 is 6.00. The maximum atomic E-state index is 12.8. The molecule has 1 aromatic carbocycles. The number of carbonyl (C=O) groups is 3. The zero-order valence-corrected chi connectivity index (χ0v) is 16.7. The van der Waals surface area contributed by atoms with E-state index >= 15 is 0 Å². The van der Waals surface area contributed by atoms with Gasteiger partial charge in [0.2, 0.25) is 11.8 Å². The van der Waals surface area contributed by atoms with Gasteiger partial charge in [-0.25, -0.2) is 0 Å². The predicted molar refractivity (Wildman–Crippen MR) is 106 cm³/mol. The van der Waals surface area contributed by atoms with Crippen LogP contribution in [0.25, 0.3) is 11.3 Å². The predicted octanol–water partition coefficient (Wildman–Crippen LogP) is 2.67. The van der Waals surface area contributed by atoms with E-state index < -0.39 is 6.04 Å². The van der Waals surface area contributed by atoms with Crippen LogP contribution in [0.2, 0.25) is 5.02 Å². The maximum absolute atomic E-state index is 12.8. The fraction of sp³-hybridized carbons (Fsp3) is 0.300. The number of rotatable bonds is 4. The number of halogens is 1. The monoisotopic (exact) mass is 414 g/mol. The first-order valence-electron chi connectivity index (χ1n) is 9.22. The molecule has 9 heteroatoms. The van der Waals surface area contributed by atoms with Crippen LogP contribution in [0.1, 0.15) is 19.8 Å². The second kappa shape index (κ2) is 7.36. The number of hydrogen-bond acceptors (Lipinski definition) is 6. The van der Waals surface area contributed by atoms with Crippen molar-refractivity contribution in [1.29, 1.82) is 0 Å². The number of carbonyl (C=O) groups excluding carboxylic acids is 3. The number of hydrogen-bond donors (Lipinski definition) is 1. The Morgan fingerprint density at radius 1 is 1.28 bits per heavy atom. The number of benzene rings is 1. The highest BCUT2D eigenvalue weighted by atomic mass is 35.5. The van der Waals surface area contributed by atoms with Gasteiger partial charge in [0.15, 0.2) is 0 Å². The highest BCUT2D eigenvalue weighted by Gasteiger charge is 2.42. The van der Waals surface area contributed by atoms with E-state index in [0.29, 0.717) is 41.4 Å². The third-order valence-corrected chi connectivity index (χ3v) is 5.43. The van der Waals surface area contributed by atoms with Gasteiger partial charge in [0.05, 0.1) is 0 Å². The van der Waals surface area contributed by atoms with Crippen LogP contribution in [0.4, 0.5) is 5.88 Å². The normalized spacial score (nSPS) is 17.6. The summed E-state index contributed by atoms with van der Waals surface area (Å²) in [6.07, 6.45) is 1.24. The summed E-state index contributed by atoms with van der Waals surface area (Å²) in [5, 5.41) is 7.22. The van der Waals surface area contributed by atoms with Crippen molar-refractivity contribution in [3.05, 3.63) is 46.6 Å². The molecule has 0 aliphatic carbocycles. The lowest BCUT2D eigenvalue weighted by Gasteiger charge is -2.33. The number of anilines is 1. The Labute approximate surface area is 172 Å². The number of imide groups is 1. The summed E-state index contributed by atoms with van der Waals surface area (Å²) in [5.74, 6) is -0.827. The molecule has 8 nitrogen and oxygen atoms in total. The van der Waals surface area contributed by atoms with Crippen LogP contribution in [-0.4, -0.2) is 52.3 Å². The molecule has 0 saturated heterocycles. The van der Waals surface area contributed by atoms with Crippen LogP contribution in [-0.2, 0) is 14.4 Å². The highest BCUT2D eigenvalue weighted by molar-refractivity contribution is 6.30. The minimum Gasteiger partial charge on any atom is -0.355 e. The molecule has 29 heavy (non-hydrogen) atoms. The van der Waals surface area contributed by atoms with Gasteiger partial charge in [0, 0.05) is 35.8 Å². The van der Waals surface area contributed by atoms with Gasteiger partial charge in [-0.2, -0.15) is 0 Å². The molecule has 4 rings (SSSR count). The fourth-order valence-corrected chi connectivity index (χ4v) is 3.81. The lowest BCUT2D eigenvalue weighted by molar-refractivity contribution is -0.136. The average molecular weight is 415 g/mol. The molecule has 0 spiro atoms. The number of likely N-dealkylation sites (N-methyl/N-ethyl adjacent to an activating group) is 1. The van der Waals surface area contributed by atoms with Crippen molar-refractivity contribution in [1.82, 2.24) is 15.0 Å². The van der Waals surface area contributed by atoms with E-state index in [2.05, 4.69) is 10.5 Å². The Morgan fingerprint density at radius 3 is 2.83 bits per heavy atom. The lowest BCUT2D eigenvalue weighted by atomic mass is 10.0.